The Labute approximate surface area is 104 Å². The number of hydrogen-bond acceptors (Lipinski definition) is 3. The Hall–Kier alpha value is -2.04. The van der Waals surface area contributed by atoms with Gasteiger partial charge in [0.1, 0.15) is 11.8 Å². The number of phenols is 1. The second-order valence-corrected chi connectivity index (χ2v) is 4.55. The van der Waals surface area contributed by atoms with E-state index in [1.165, 1.54) is 12.1 Å². The van der Waals surface area contributed by atoms with Crippen LogP contribution in [0.3, 0.4) is 0 Å². The zero-order valence-electron chi connectivity index (χ0n) is 9.80. The summed E-state index contributed by atoms with van der Waals surface area (Å²) in [5.74, 6) is -1.18. The first-order chi connectivity index (χ1) is 8.56. The van der Waals surface area contributed by atoms with Crippen molar-refractivity contribution >= 4 is 11.9 Å². The van der Waals surface area contributed by atoms with Crippen LogP contribution in [0.25, 0.3) is 0 Å². The summed E-state index contributed by atoms with van der Waals surface area (Å²) >= 11 is 0. The van der Waals surface area contributed by atoms with Gasteiger partial charge in [0, 0.05) is 12.3 Å². The largest absolute Gasteiger partial charge is 0.508 e. The van der Waals surface area contributed by atoms with Gasteiger partial charge < -0.3 is 15.5 Å². The van der Waals surface area contributed by atoms with Crippen LogP contribution in [-0.4, -0.2) is 28.1 Å². The lowest BCUT2D eigenvalue weighted by atomic mass is 10.1. The highest BCUT2D eigenvalue weighted by Crippen LogP contribution is 2.29. The number of benzene rings is 1. The maximum atomic E-state index is 11.6. The van der Waals surface area contributed by atoms with Gasteiger partial charge in [0.2, 0.25) is 5.91 Å². The average molecular weight is 249 g/mol. The molecule has 1 aromatic rings. The predicted octanol–water partition coefficient (Wildman–Crippen LogP) is 0.914. The highest BCUT2D eigenvalue weighted by Gasteiger charge is 2.32. The van der Waals surface area contributed by atoms with Gasteiger partial charge in [-0.05, 0) is 30.5 Å². The molecule has 5 nitrogen and oxygen atoms in total. The third-order valence-electron chi connectivity index (χ3n) is 2.91. The second-order valence-electron chi connectivity index (χ2n) is 4.55. The molecule has 96 valence electrons. The average Bonchev–Trinajstić information content (AvgIpc) is 3.11. The Morgan fingerprint density at radius 1 is 1.39 bits per heavy atom. The molecule has 1 unspecified atom stereocenters. The number of phenolic OH excluding ortho intramolecular Hbond substituents is 1. The maximum Gasteiger partial charge on any atom is 0.326 e. The molecule has 1 fully saturated rings. The number of carboxylic acids is 1. The lowest BCUT2D eigenvalue weighted by molar-refractivity contribution is -0.142. The summed E-state index contributed by atoms with van der Waals surface area (Å²) in [4.78, 5) is 22.6. The van der Waals surface area contributed by atoms with Crippen molar-refractivity contribution in [2.45, 2.75) is 25.3 Å². The molecule has 1 atom stereocenters. The van der Waals surface area contributed by atoms with E-state index in [2.05, 4.69) is 5.32 Å². The van der Waals surface area contributed by atoms with Crippen LogP contribution in [0.2, 0.25) is 0 Å². The van der Waals surface area contributed by atoms with E-state index in [4.69, 9.17) is 5.11 Å². The summed E-state index contributed by atoms with van der Waals surface area (Å²) in [5.41, 5.74) is 0.679. The molecule has 1 aromatic carbocycles. The van der Waals surface area contributed by atoms with E-state index in [1.54, 1.807) is 12.1 Å². The van der Waals surface area contributed by atoms with E-state index >= 15 is 0 Å². The Kier molecular flexibility index (Phi) is 3.50. The lowest BCUT2D eigenvalue weighted by Gasteiger charge is -2.14. The van der Waals surface area contributed by atoms with E-state index in [9.17, 15) is 14.7 Å². The minimum atomic E-state index is -1.06. The Bertz CT molecular complexity index is 468. The molecule has 1 saturated carbocycles. The Morgan fingerprint density at radius 3 is 2.67 bits per heavy atom. The topological polar surface area (TPSA) is 86.6 Å². The van der Waals surface area contributed by atoms with Crippen LogP contribution >= 0.6 is 0 Å². The number of nitrogens with one attached hydrogen (secondary N) is 1. The zero-order chi connectivity index (χ0) is 13.1. The number of aromatic hydroxyl groups is 1. The summed E-state index contributed by atoms with van der Waals surface area (Å²) < 4.78 is 0. The molecular formula is C13H15NO4. The number of rotatable bonds is 5. The van der Waals surface area contributed by atoms with Crippen molar-refractivity contribution in [3.8, 4) is 5.75 Å². The molecule has 0 aromatic heterocycles. The molecule has 1 aliphatic rings. The summed E-state index contributed by atoms with van der Waals surface area (Å²) in [6.45, 7) is 0. The molecule has 18 heavy (non-hydrogen) atoms. The minimum absolute atomic E-state index is 0.0176. The van der Waals surface area contributed by atoms with Crippen LogP contribution in [0.1, 0.15) is 18.4 Å². The first-order valence-corrected chi connectivity index (χ1v) is 5.87. The van der Waals surface area contributed by atoms with Crippen molar-refractivity contribution in [1.29, 1.82) is 0 Å². The van der Waals surface area contributed by atoms with Gasteiger partial charge in [0.25, 0.3) is 0 Å². The van der Waals surface area contributed by atoms with E-state index in [1.807, 2.05) is 0 Å². The van der Waals surface area contributed by atoms with Crippen molar-refractivity contribution in [2.75, 3.05) is 0 Å². The number of carbonyl (C=O) groups excluding carboxylic acids is 1. The first-order valence-electron chi connectivity index (χ1n) is 5.87. The second kappa shape index (κ2) is 5.08. The van der Waals surface area contributed by atoms with Crippen LogP contribution in [0.4, 0.5) is 0 Å². The Morgan fingerprint density at radius 2 is 2.11 bits per heavy atom. The molecule has 0 heterocycles. The van der Waals surface area contributed by atoms with E-state index in [-0.39, 0.29) is 24.0 Å². The normalized spacial score (nSPS) is 16.0. The van der Waals surface area contributed by atoms with Gasteiger partial charge in [-0.2, -0.15) is 0 Å². The fourth-order valence-corrected chi connectivity index (χ4v) is 1.75. The summed E-state index contributed by atoms with van der Waals surface area (Å²) in [5, 5.41) is 20.9. The molecule has 3 N–H and O–H groups in total. The van der Waals surface area contributed by atoms with Gasteiger partial charge in [0.15, 0.2) is 0 Å². The van der Waals surface area contributed by atoms with Gasteiger partial charge in [-0.15, -0.1) is 0 Å². The molecule has 0 spiro atoms. The molecule has 2 rings (SSSR count). The van der Waals surface area contributed by atoms with Crippen LogP contribution in [0, 0.1) is 5.92 Å². The standard InChI is InChI=1S/C13H15NO4/c15-10-3-1-2-8(6-10)7-11(13(17)18)14-12(16)9-4-5-9/h1-3,6,9,11,15H,4-5,7H2,(H,14,16)(H,17,18). The van der Waals surface area contributed by atoms with E-state index < -0.39 is 12.0 Å². The predicted molar refractivity (Wildman–Crippen MR) is 64.1 cm³/mol. The van der Waals surface area contributed by atoms with Gasteiger partial charge in [-0.3, -0.25) is 4.79 Å². The SMILES string of the molecule is O=C(NC(Cc1cccc(O)c1)C(=O)O)C1CC1. The van der Waals surface area contributed by atoms with Gasteiger partial charge in [-0.1, -0.05) is 12.1 Å². The monoisotopic (exact) mass is 249 g/mol. The highest BCUT2D eigenvalue weighted by molar-refractivity contribution is 5.86. The number of amides is 1. The van der Waals surface area contributed by atoms with Crippen LogP contribution in [0.5, 0.6) is 5.75 Å². The number of carbonyl (C=O) groups is 2. The molecule has 1 aliphatic carbocycles. The highest BCUT2D eigenvalue weighted by atomic mass is 16.4. The lowest BCUT2D eigenvalue weighted by Crippen LogP contribution is -2.43. The fraction of sp³-hybridized carbons (Fsp3) is 0.385. The Balaban J connectivity index is 2.01. The van der Waals surface area contributed by atoms with Crippen LogP contribution < -0.4 is 5.32 Å². The molecule has 5 heteroatoms. The summed E-state index contributed by atoms with van der Waals surface area (Å²) in [6, 6.07) is 5.44. The van der Waals surface area contributed by atoms with Crippen LogP contribution in [0.15, 0.2) is 24.3 Å². The van der Waals surface area contributed by atoms with Crippen LogP contribution in [-0.2, 0) is 16.0 Å². The van der Waals surface area contributed by atoms with Crippen molar-refractivity contribution in [2.24, 2.45) is 5.92 Å². The summed E-state index contributed by atoms with van der Waals surface area (Å²) in [6.07, 6.45) is 1.84. The zero-order valence-corrected chi connectivity index (χ0v) is 9.80. The molecule has 0 radical (unpaired) electrons. The van der Waals surface area contributed by atoms with Gasteiger partial charge in [-0.25, -0.2) is 4.79 Å². The van der Waals surface area contributed by atoms with Gasteiger partial charge >= 0.3 is 5.97 Å². The number of carboxylic acid groups (broad SMARTS) is 1. The van der Waals surface area contributed by atoms with E-state index in [0.29, 0.717) is 5.56 Å². The quantitative estimate of drug-likeness (QED) is 0.724. The first kappa shape index (κ1) is 12.4. The van der Waals surface area contributed by atoms with Crippen molar-refractivity contribution in [3.63, 3.8) is 0 Å². The van der Waals surface area contributed by atoms with Crippen molar-refractivity contribution in [3.05, 3.63) is 29.8 Å². The third kappa shape index (κ3) is 3.23. The third-order valence-corrected chi connectivity index (χ3v) is 2.91. The van der Waals surface area contributed by atoms with Crippen molar-refractivity contribution in [1.82, 2.24) is 5.32 Å². The molecule has 1 amide bonds. The molecule has 0 saturated heterocycles. The molecule has 0 aliphatic heterocycles. The molecular weight excluding hydrogens is 234 g/mol. The smallest absolute Gasteiger partial charge is 0.326 e. The number of hydrogen-bond donors (Lipinski definition) is 3. The van der Waals surface area contributed by atoms with E-state index in [0.717, 1.165) is 12.8 Å². The van der Waals surface area contributed by atoms with Crippen molar-refractivity contribution < 1.29 is 19.8 Å². The minimum Gasteiger partial charge on any atom is -0.508 e. The molecule has 0 bridgehead atoms. The van der Waals surface area contributed by atoms with Gasteiger partial charge in [0.05, 0.1) is 0 Å². The fourth-order valence-electron chi connectivity index (χ4n) is 1.75. The summed E-state index contributed by atoms with van der Waals surface area (Å²) in [7, 11) is 0. The maximum absolute atomic E-state index is 11.6. The number of aliphatic carboxylic acids is 1.